The van der Waals surface area contributed by atoms with Gasteiger partial charge in [-0.05, 0) is 38.0 Å². The number of hydrogen-bond acceptors (Lipinski definition) is 6. The fourth-order valence-corrected chi connectivity index (χ4v) is 3.77. The van der Waals surface area contributed by atoms with Crippen LogP contribution in [-0.4, -0.2) is 41.8 Å². The van der Waals surface area contributed by atoms with Crippen LogP contribution in [0.5, 0.6) is 0 Å². The number of amides is 2. The Balaban J connectivity index is 1.61. The number of nitrogens with zero attached hydrogens (tertiary/aromatic N) is 3. The Hall–Kier alpha value is -2.32. The normalized spacial score (nSPS) is 16.8. The van der Waals surface area contributed by atoms with Crippen molar-refractivity contribution in [3.8, 4) is 0 Å². The molecule has 0 bridgehead atoms. The van der Waals surface area contributed by atoms with Crippen molar-refractivity contribution < 1.29 is 14.3 Å². The van der Waals surface area contributed by atoms with Gasteiger partial charge >= 0.3 is 0 Å². The molecule has 1 N–H and O–H groups in total. The van der Waals surface area contributed by atoms with Crippen LogP contribution in [0.1, 0.15) is 29.5 Å². The van der Waals surface area contributed by atoms with Gasteiger partial charge in [-0.25, -0.2) is 0 Å². The van der Waals surface area contributed by atoms with Gasteiger partial charge in [-0.2, -0.15) is 0 Å². The number of hydrogen-bond donors (Lipinski definition) is 1. The van der Waals surface area contributed by atoms with Crippen LogP contribution >= 0.6 is 11.3 Å². The van der Waals surface area contributed by atoms with E-state index in [-0.39, 0.29) is 18.2 Å². The number of carbonyl (C=O) groups is 2. The highest BCUT2D eigenvalue weighted by atomic mass is 32.1. The Morgan fingerprint density at radius 3 is 2.96 bits per heavy atom. The number of aromatic nitrogens is 2. The van der Waals surface area contributed by atoms with Gasteiger partial charge in [-0.15, -0.1) is 10.2 Å². The van der Waals surface area contributed by atoms with E-state index in [2.05, 4.69) is 15.5 Å². The predicted octanol–water partition coefficient (Wildman–Crippen LogP) is 2.73. The Kier molecular flexibility index (Phi) is 6.18. The molecule has 1 fully saturated rings. The summed E-state index contributed by atoms with van der Waals surface area (Å²) in [6.45, 7) is 7.53. The number of benzene rings is 1. The summed E-state index contributed by atoms with van der Waals surface area (Å²) >= 11 is 1.34. The molecule has 7 nitrogen and oxygen atoms in total. The Labute approximate surface area is 162 Å². The first-order chi connectivity index (χ1) is 13.0. The summed E-state index contributed by atoms with van der Waals surface area (Å²) in [6, 6.07) is 6.00. The van der Waals surface area contributed by atoms with Gasteiger partial charge in [0.15, 0.2) is 0 Å². The van der Waals surface area contributed by atoms with Crippen molar-refractivity contribution in [2.45, 2.75) is 33.6 Å². The molecule has 1 aromatic carbocycles. The maximum Gasteiger partial charge on any atom is 0.231 e. The summed E-state index contributed by atoms with van der Waals surface area (Å²) in [4.78, 5) is 26.8. The third-order valence-electron chi connectivity index (χ3n) is 4.51. The summed E-state index contributed by atoms with van der Waals surface area (Å²) in [5, 5.41) is 12.2. The van der Waals surface area contributed by atoms with Gasteiger partial charge in [0.25, 0.3) is 0 Å². The molecule has 27 heavy (non-hydrogen) atoms. The van der Waals surface area contributed by atoms with E-state index in [1.54, 1.807) is 4.90 Å². The maximum atomic E-state index is 12.6. The first-order valence-corrected chi connectivity index (χ1v) is 9.88. The minimum atomic E-state index is -0.395. The summed E-state index contributed by atoms with van der Waals surface area (Å²) < 4.78 is 5.30. The molecule has 2 aromatic rings. The molecule has 2 amide bonds. The highest BCUT2D eigenvalue weighted by Crippen LogP contribution is 2.29. The van der Waals surface area contributed by atoms with Gasteiger partial charge in [0.1, 0.15) is 5.01 Å². The molecule has 1 atom stereocenters. The molecule has 1 aromatic heterocycles. The van der Waals surface area contributed by atoms with Gasteiger partial charge in [0.2, 0.25) is 16.9 Å². The van der Waals surface area contributed by atoms with E-state index in [9.17, 15) is 9.59 Å². The molecule has 1 unspecified atom stereocenters. The number of rotatable bonds is 7. The van der Waals surface area contributed by atoms with Crippen molar-refractivity contribution in [1.29, 1.82) is 0 Å². The van der Waals surface area contributed by atoms with Crippen LogP contribution in [0.2, 0.25) is 0 Å². The number of anilines is 2. The van der Waals surface area contributed by atoms with Crippen LogP contribution in [0.3, 0.4) is 0 Å². The maximum absolute atomic E-state index is 12.6. The average molecular weight is 388 g/mol. The summed E-state index contributed by atoms with van der Waals surface area (Å²) in [6.07, 6.45) is 0.874. The molecule has 1 saturated heterocycles. The first-order valence-electron chi connectivity index (χ1n) is 9.06. The van der Waals surface area contributed by atoms with Gasteiger partial charge < -0.3 is 15.0 Å². The molecule has 8 heteroatoms. The molecule has 1 aliphatic rings. The fraction of sp³-hybridized carbons (Fsp3) is 0.474. The van der Waals surface area contributed by atoms with Crippen molar-refractivity contribution in [2.75, 3.05) is 30.0 Å². The zero-order valence-corrected chi connectivity index (χ0v) is 16.6. The highest BCUT2D eigenvalue weighted by molar-refractivity contribution is 7.15. The van der Waals surface area contributed by atoms with Crippen LogP contribution in [0.25, 0.3) is 0 Å². The lowest BCUT2D eigenvalue weighted by Crippen LogP contribution is -2.28. The second kappa shape index (κ2) is 8.58. The van der Waals surface area contributed by atoms with E-state index in [1.165, 1.54) is 11.3 Å². The van der Waals surface area contributed by atoms with Crippen LogP contribution < -0.4 is 10.2 Å². The lowest BCUT2D eigenvalue weighted by molar-refractivity contribution is -0.122. The van der Waals surface area contributed by atoms with Gasteiger partial charge in [-0.1, -0.05) is 23.5 Å². The largest absolute Gasteiger partial charge is 0.381 e. The molecular weight excluding hydrogens is 364 g/mol. The SMILES string of the molecule is CCOCCc1nnc(NC(=O)C2CC(=O)N(c3cc(C)ccc3C)C2)s1. The number of nitrogens with one attached hydrogen (secondary N) is 1. The van der Waals surface area contributed by atoms with Gasteiger partial charge in [0.05, 0.1) is 12.5 Å². The van der Waals surface area contributed by atoms with Crippen molar-refractivity contribution in [2.24, 2.45) is 5.92 Å². The van der Waals surface area contributed by atoms with Crippen molar-refractivity contribution in [3.05, 3.63) is 34.3 Å². The van der Waals surface area contributed by atoms with E-state index in [0.717, 1.165) is 21.8 Å². The topological polar surface area (TPSA) is 84.4 Å². The lowest BCUT2D eigenvalue weighted by Gasteiger charge is -2.19. The smallest absolute Gasteiger partial charge is 0.231 e. The van der Waals surface area contributed by atoms with Crippen molar-refractivity contribution >= 4 is 34.0 Å². The third kappa shape index (κ3) is 4.70. The van der Waals surface area contributed by atoms with Crippen LogP contribution in [0, 0.1) is 19.8 Å². The quantitative estimate of drug-likeness (QED) is 0.737. The van der Waals surface area contributed by atoms with Crippen LogP contribution in [0.4, 0.5) is 10.8 Å². The van der Waals surface area contributed by atoms with Crippen LogP contribution in [-0.2, 0) is 20.7 Å². The second-order valence-corrected chi connectivity index (χ2v) is 7.69. The molecule has 0 radical (unpaired) electrons. The number of ether oxygens (including phenoxy) is 1. The molecule has 0 aliphatic carbocycles. The monoisotopic (exact) mass is 388 g/mol. The Bertz CT molecular complexity index is 836. The second-order valence-electron chi connectivity index (χ2n) is 6.63. The summed E-state index contributed by atoms with van der Waals surface area (Å²) in [5.74, 6) is -0.615. The van der Waals surface area contributed by atoms with E-state index in [1.807, 2.05) is 39.0 Å². The first kappa shape index (κ1) is 19.4. The molecular formula is C19H24N4O3S. The van der Waals surface area contributed by atoms with Gasteiger partial charge in [0, 0.05) is 31.7 Å². The minimum absolute atomic E-state index is 0.0292. The van der Waals surface area contributed by atoms with E-state index in [0.29, 0.717) is 31.3 Å². The van der Waals surface area contributed by atoms with E-state index >= 15 is 0 Å². The molecule has 0 spiro atoms. The number of aryl methyl sites for hydroxylation is 2. The third-order valence-corrected chi connectivity index (χ3v) is 5.41. The van der Waals surface area contributed by atoms with E-state index in [4.69, 9.17) is 4.74 Å². The average Bonchev–Trinajstić information content (AvgIpc) is 3.24. The standard InChI is InChI=1S/C19H24N4O3S/c1-4-26-8-7-16-21-22-19(27-16)20-18(25)14-10-17(24)23(11-14)15-9-12(2)5-6-13(15)3/h5-6,9,14H,4,7-8,10-11H2,1-3H3,(H,20,22,25). The summed E-state index contributed by atoms with van der Waals surface area (Å²) in [5.41, 5.74) is 2.99. The van der Waals surface area contributed by atoms with Crippen LogP contribution in [0.15, 0.2) is 18.2 Å². The predicted molar refractivity (Wildman–Crippen MR) is 105 cm³/mol. The Morgan fingerprint density at radius 2 is 2.19 bits per heavy atom. The van der Waals surface area contributed by atoms with Crippen molar-refractivity contribution in [1.82, 2.24) is 10.2 Å². The fourth-order valence-electron chi connectivity index (χ4n) is 3.04. The van der Waals surface area contributed by atoms with E-state index < -0.39 is 5.92 Å². The molecule has 3 rings (SSSR count). The number of carbonyl (C=O) groups excluding carboxylic acids is 2. The lowest BCUT2D eigenvalue weighted by atomic mass is 10.1. The molecule has 144 valence electrons. The Morgan fingerprint density at radius 1 is 1.37 bits per heavy atom. The van der Waals surface area contributed by atoms with Gasteiger partial charge in [-0.3, -0.25) is 9.59 Å². The molecule has 0 saturated carbocycles. The summed E-state index contributed by atoms with van der Waals surface area (Å²) in [7, 11) is 0. The van der Waals surface area contributed by atoms with Crippen molar-refractivity contribution in [3.63, 3.8) is 0 Å². The highest BCUT2D eigenvalue weighted by Gasteiger charge is 2.36. The molecule has 1 aliphatic heterocycles. The zero-order valence-electron chi connectivity index (χ0n) is 15.8. The minimum Gasteiger partial charge on any atom is -0.381 e. The molecule has 2 heterocycles. The zero-order chi connectivity index (χ0) is 19.4.